The Hall–Kier alpha value is -3.22. The van der Waals surface area contributed by atoms with Gasteiger partial charge in [-0.15, -0.1) is 0 Å². The van der Waals surface area contributed by atoms with Crippen LogP contribution in [0.5, 0.6) is 0 Å². The van der Waals surface area contributed by atoms with Crippen LogP contribution < -0.4 is 11.2 Å². The normalized spacial score (nSPS) is 10.9. The smallest absolute Gasteiger partial charge is 0.328 e. The molecule has 26 heavy (non-hydrogen) atoms. The van der Waals surface area contributed by atoms with Crippen molar-refractivity contribution >= 4 is 16.8 Å². The lowest BCUT2D eigenvalue weighted by Crippen LogP contribution is -2.34. The second-order valence-corrected chi connectivity index (χ2v) is 6.03. The highest BCUT2D eigenvalue weighted by molar-refractivity contribution is 5.97. The van der Waals surface area contributed by atoms with Gasteiger partial charge in [-0.3, -0.25) is 14.2 Å². The Morgan fingerprint density at radius 3 is 2.65 bits per heavy atom. The van der Waals surface area contributed by atoms with Crippen LogP contribution in [0.1, 0.15) is 22.8 Å². The lowest BCUT2D eigenvalue weighted by molar-refractivity contribution is 0.0785. The van der Waals surface area contributed by atoms with Crippen LogP contribution in [0.15, 0.2) is 52.1 Å². The molecule has 0 bridgehead atoms. The molecule has 3 aromatic rings. The van der Waals surface area contributed by atoms with Crippen LogP contribution in [0, 0.1) is 5.82 Å². The molecular formula is C19H18FN3O3. The first-order valence-electron chi connectivity index (χ1n) is 8.17. The number of hydrogen-bond acceptors (Lipinski definition) is 3. The summed E-state index contributed by atoms with van der Waals surface area (Å²) < 4.78 is 14.4. The zero-order chi connectivity index (χ0) is 18.8. The highest BCUT2D eigenvalue weighted by Crippen LogP contribution is 2.13. The number of carbonyl (C=O) groups is 1. The average Bonchev–Trinajstić information content (AvgIpc) is 2.61. The van der Waals surface area contributed by atoms with E-state index < -0.39 is 11.2 Å². The Bertz CT molecular complexity index is 1100. The van der Waals surface area contributed by atoms with Crippen LogP contribution in [0.2, 0.25) is 0 Å². The van der Waals surface area contributed by atoms with Crippen LogP contribution in [-0.4, -0.2) is 27.4 Å². The number of benzene rings is 2. The molecule has 0 saturated heterocycles. The molecule has 0 aliphatic heterocycles. The van der Waals surface area contributed by atoms with Gasteiger partial charge in [0.1, 0.15) is 5.82 Å². The molecule has 0 saturated carbocycles. The first kappa shape index (κ1) is 17.6. The minimum Gasteiger partial charge on any atom is -0.337 e. The van der Waals surface area contributed by atoms with E-state index in [-0.39, 0.29) is 24.8 Å². The number of aromatic amines is 1. The number of rotatable bonds is 4. The van der Waals surface area contributed by atoms with Crippen molar-refractivity contribution in [2.24, 2.45) is 0 Å². The van der Waals surface area contributed by atoms with Crippen molar-refractivity contribution in [1.29, 1.82) is 0 Å². The van der Waals surface area contributed by atoms with Crippen molar-refractivity contribution in [2.45, 2.75) is 20.0 Å². The molecule has 1 heterocycles. The number of nitrogens with zero attached hydrogens (tertiary/aromatic N) is 2. The van der Waals surface area contributed by atoms with Gasteiger partial charge >= 0.3 is 5.69 Å². The topological polar surface area (TPSA) is 75.2 Å². The molecule has 0 spiro atoms. The van der Waals surface area contributed by atoms with E-state index in [1.165, 1.54) is 29.2 Å². The summed E-state index contributed by atoms with van der Waals surface area (Å²) in [6, 6.07) is 10.6. The SMILES string of the molecule is CCn1c(=O)[nH]c2cc(C(=O)N(C)Cc3cccc(F)c3)ccc2c1=O. The zero-order valence-electron chi connectivity index (χ0n) is 14.5. The maximum atomic E-state index is 13.3. The second kappa shape index (κ2) is 6.95. The predicted molar refractivity (Wildman–Crippen MR) is 96.7 cm³/mol. The fourth-order valence-electron chi connectivity index (χ4n) is 2.88. The standard InChI is InChI=1S/C19H18FN3O3/c1-3-23-18(25)15-8-7-13(10-16(15)21-19(23)26)17(24)22(2)11-12-5-4-6-14(20)9-12/h4-10H,3,11H2,1-2H3,(H,21,26). The van der Waals surface area contributed by atoms with Gasteiger partial charge in [0.25, 0.3) is 11.5 Å². The van der Waals surface area contributed by atoms with Gasteiger partial charge in [0.2, 0.25) is 0 Å². The number of halogens is 1. The molecule has 0 fully saturated rings. The van der Waals surface area contributed by atoms with E-state index in [2.05, 4.69) is 4.98 Å². The highest BCUT2D eigenvalue weighted by Gasteiger charge is 2.15. The fourth-order valence-corrected chi connectivity index (χ4v) is 2.88. The number of amides is 1. The Labute approximate surface area is 148 Å². The molecule has 0 aliphatic carbocycles. The second-order valence-electron chi connectivity index (χ2n) is 6.03. The third-order valence-corrected chi connectivity index (χ3v) is 4.20. The summed E-state index contributed by atoms with van der Waals surface area (Å²) >= 11 is 0. The van der Waals surface area contributed by atoms with Crippen molar-refractivity contribution < 1.29 is 9.18 Å². The molecule has 1 aromatic heterocycles. The highest BCUT2D eigenvalue weighted by atomic mass is 19.1. The molecule has 3 rings (SSSR count). The van der Waals surface area contributed by atoms with Gasteiger partial charge in [-0.2, -0.15) is 0 Å². The Balaban J connectivity index is 1.93. The van der Waals surface area contributed by atoms with Gasteiger partial charge in [0, 0.05) is 25.7 Å². The number of H-pyrrole nitrogens is 1. The maximum Gasteiger partial charge on any atom is 0.328 e. The van der Waals surface area contributed by atoms with Crippen LogP contribution in [0.4, 0.5) is 4.39 Å². The van der Waals surface area contributed by atoms with Crippen LogP contribution in [-0.2, 0) is 13.1 Å². The summed E-state index contributed by atoms with van der Waals surface area (Å²) in [6.45, 7) is 2.21. The summed E-state index contributed by atoms with van der Waals surface area (Å²) in [5.74, 6) is -0.657. The number of carbonyl (C=O) groups excluding carboxylic acids is 1. The van der Waals surface area contributed by atoms with E-state index in [1.807, 2.05) is 0 Å². The van der Waals surface area contributed by atoms with Crippen LogP contribution >= 0.6 is 0 Å². The van der Waals surface area contributed by atoms with Gasteiger partial charge in [-0.25, -0.2) is 9.18 Å². The largest absolute Gasteiger partial charge is 0.337 e. The number of fused-ring (bicyclic) bond motifs is 1. The van der Waals surface area contributed by atoms with Gasteiger partial charge < -0.3 is 9.88 Å². The molecule has 0 atom stereocenters. The number of nitrogens with one attached hydrogen (secondary N) is 1. The Morgan fingerprint density at radius 1 is 1.19 bits per heavy atom. The molecule has 6 nitrogen and oxygen atoms in total. The molecule has 0 aliphatic rings. The zero-order valence-corrected chi connectivity index (χ0v) is 14.5. The third-order valence-electron chi connectivity index (χ3n) is 4.20. The monoisotopic (exact) mass is 355 g/mol. The maximum absolute atomic E-state index is 13.3. The Kier molecular flexibility index (Phi) is 4.71. The number of hydrogen-bond donors (Lipinski definition) is 1. The minimum absolute atomic E-state index is 0.239. The van der Waals surface area contributed by atoms with E-state index >= 15 is 0 Å². The molecule has 7 heteroatoms. The molecule has 0 unspecified atom stereocenters. The summed E-state index contributed by atoms with van der Waals surface area (Å²) in [4.78, 5) is 40.9. The van der Waals surface area contributed by atoms with Crippen LogP contribution in [0.25, 0.3) is 10.9 Å². The molecule has 2 aromatic carbocycles. The summed E-state index contributed by atoms with van der Waals surface area (Å²) in [7, 11) is 1.61. The summed E-state index contributed by atoms with van der Waals surface area (Å²) in [5, 5.41) is 0.343. The molecule has 0 radical (unpaired) electrons. The Morgan fingerprint density at radius 2 is 1.96 bits per heavy atom. The first-order chi connectivity index (χ1) is 12.4. The van der Waals surface area contributed by atoms with Gasteiger partial charge in [-0.1, -0.05) is 12.1 Å². The van der Waals surface area contributed by atoms with Crippen molar-refractivity contribution in [3.05, 3.63) is 80.2 Å². The quantitative estimate of drug-likeness (QED) is 0.779. The molecular weight excluding hydrogens is 337 g/mol. The van der Waals surface area contributed by atoms with E-state index in [0.29, 0.717) is 22.0 Å². The molecule has 134 valence electrons. The van der Waals surface area contributed by atoms with Gasteiger partial charge in [0.05, 0.1) is 10.9 Å². The first-order valence-corrected chi connectivity index (χ1v) is 8.17. The number of aromatic nitrogens is 2. The lowest BCUT2D eigenvalue weighted by Gasteiger charge is -2.17. The predicted octanol–water partition coefficient (Wildman–Crippen LogP) is 2.12. The minimum atomic E-state index is -0.511. The fraction of sp³-hybridized carbons (Fsp3) is 0.211. The summed E-state index contributed by atoms with van der Waals surface area (Å²) in [5.41, 5.74) is 0.414. The van der Waals surface area contributed by atoms with E-state index in [9.17, 15) is 18.8 Å². The average molecular weight is 355 g/mol. The van der Waals surface area contributed by atoms with Crippen molar-refractivity contribution in [3.63, 3.8) is 0 Å². The summed E-state index contributed by atoms with van der Waals surface area (Å²) in [6.07, 6.45) is 0. The van der Waals surface area contributed by atoms with E-state index in [0.717, 1.165) is 4.57 Å². The van der Waals surface area contributed by atoms with E-state index in [1.54, 1.807) is 32.2 Å². The lowest BCUT2D eigenvalue weighted by atomic mass is 10.1. The van der Waals surface area contributed by atoms with Crippen molar-refractivity contribution in [2.75, 3.05) is 7.05 Å². The molecule has 1 amide bonds. The van der Waals surface area contributed by atoms with Crippen LogP contribution in [0.3, 0.4) is 0 Å². The van der Waals surface area contributed by atoms with Crippen molar-refractivity contribution in [1.82, 2.24) is 14.5 Å². The van der Waals surface area contributed by atoms with Gasteiger partial charge in [-0.05, 0) is 42.8 Å². The van der Waals surface area contributed by atoms with Gasteiger partial charge in [0.15, 0.2) is 0 Å². The molecule has 1 N–H and O–H groups in total. The third kappa shape index (κ3) is 3.28. The van der Waals surface area contributed by atoms with E-state index in [4.69, 9.17) is 0 Å². The van der Waals surface area contributed by atoms with Crippen molar-refractivity contribution in [3.8, 4) is 0 Å².